The third-order valence-electron chi connectivity index (χ3n) is 6.94. The van der Waals surface area contributed by atoms with Crippen molar-refractivity contribution < 1.29 is 13.9 Å². The van der Waals surface area contributed by atoms with E-state index in [1.54, 1.807) is 23.9 Å². The van der Waals surface area contributed by atoms with Gasteiger partial charge in [0.15, 0.2) is 11.3 Å². The van der Waals surface area contributed by atoms with Crippen LogP contribution in [0.25, 0.3) is 11.3 Å². The highest BCUT2D eigenvalue weighted by atomic mass is 32.2. The van der Waals surface area contributed by atoms with Gasteiger partial charge in [-0.1, -0.05) is 30.0 Å². The third-order valence-corrected chi connectivity index (χ3v) is 8.25. The summed E-state index contributed by atoms with van der Waals surface area (Å²) in [5.74, 6) is 1.22. The molecule has 1 N–H and O–H groups in total. The van der Waals surface area contributed by atoms with Gasteiger partial charge in [-0.15, -0.1) is 0 Å². The Morgan fingerprint density at radius 2 is 1.81 bits per heavy atom. The Labute approximate surface area is 214 Å². The van der Waals surface area contributed by atoms with Crippen LogP contribution in [0.2, 0.25) is 0 Å². The van der Waals surface area contributed by atoms with Crippen LogP contribution in [-0.4, -0.2) is 56.7 Å². The molecule has 36 heavy (non-hydrogen) atoms. The van der Waals surface area contributed by atoms with E-state index in [-0.39, 0.29) is 11.3 Å². The summed E-state index contributed by atoms with van der Waals surface area (Å²) in [4.78, 5) is 31.6. The van der Waals surface area contributed by atoms with Crippen LogP contribution in [0.5, 0.6) is 0 Å². The topological polar surface area (TPSA) is 75.0 Å². The fourth-order valence-corrected chi connectivity index (χ4v) is 6.30. The van der Waals surface area contributed by atoms with Gasteiger partial charge in [-0.25, -0.2) is 0 Å². The van der Waals surface area contributed by atoms with E-state index >= 15 is 0 Å². The molecule has 1 aromatic heterocycles. The lowest BCUT2D eigenvalue weighted by Gasteiger charge is -2.27. The van der Waals surface area contributed by atoms with Crippen molar-refractivity contribution >= 4 is 29.2 Å². The van der Waals surface area contributed by atoms with E-state index < -0.39 is 0 Å². The molecule has 0 radical (unpaired) electrons. The number of amides is 1. The number of benzene rings is 2. The number of carbonyl (C=O) groups excluding carboxylic acids is 1. The molecule has 0 unspecified atom stereocenters. The van der Waals surface area contributed by atoms with Gasteiger partial charge in [0.05, 0.1) is 19.8 Å². The zero-order chi connectivity index (χ0) is 24.5. The minimum Gasteiger partial charge on any atom is -0.440 e. The van der Waals surface area contributed by atoms with Crippen molar-refractivity contribution in [3.8, 4) is 11.3 Å². The van der Waals surface area contributed by atoms with E-state index in [0.717, 1.165) is 40.6 Å². The molecule has 2 fully saturated rings. The lowest BCUT2D eigenvalue weighted by atomic mass is 10.00. The first kappa shape index (κ1) is 23.3. The molecule has 0 spiro atoms. The molecular weight excluding hydrogens is 474 g/mol. The molecule has 3 aromatic rings. The van der Waals surface area contributed by atoms with Crippen molar-refractivity contribution in [2.75, 3.05) is 56.2 Å². The highest BCUT2D eigenvalue weighted by Crippen LogP contribution is 2.45. The molecular formula is C28H29N3O4S. The Hall–Kier alpha value is -3.07. The number of fused-ring (bicyclic) bond motifs is 2. The molecule has 3 aliphatic heterocycles. The Bertz CT molecular complexity index is 1340. The second-order valence-electron chi connectivity index (χ2n) is 9.52. The number of nitrogens with one attached hydrogen (secondary N) is 1. The van der Waals surface area contributed by atoms with Crippen LogP contribution < -0.4 is 15.6 Å². The van der Waals surface area contributed by atoms with Crippen molar-refractivity contribution in [1.29, 1.82) is 0 Å². The molecule has 3 aliphatic rings. The zero-order valence-corrected chi connectivity index (χ0v) is 20.9. The first-order chi connectivity index (χ1) is 17.6. The average Bonchev–Trinajstić information content (AvgIpc) is 3.40. The van der Waals surface area contributed by atoms with Crippen molar-refractivity contribution in [3.63, 3.8) is 0 Å². The smallest absolute Gasteiger partial charge is 0.238 e. The van der Waals surface area contributed by atoms with Gasteiger partial charge in [0.25, 0.3) is 0 Å². The van der Waals surface area contributed by atoms with E-state index in [2.05, 4.69) is 33.3 Å². The molecule has 2 aromatic carbocycles. The van der Waals surface area contributed by atoms with Crippen LogP contribution in [0.3, 0.4) is 0 Å². The SMILES string of the molecule is O=C(CN1CCCC1)Nc1ccc2c(c1)Cc1cccc(-c3cc(=O)cc(N4CCOCC4)o3)c1S2. The van der Waals surface area contributed by atoms with Crippen molar-refractivity contribution in [2.45, 2.75) is 29.1 Å². The number of rotatable bonds is 5. The maximum atomic E-state index is 12.6. The minimum atomic E-state index is -0.0640. The molecule has 7 nitrogen and oxygen atoms in total. The summed E-state index contributed by atoms with van der Waals surface area (Å²) in [5.41, 5.74) is 4.07. The predicted molar refractivity (Wildman–Crippen MR) is 141 cm³/mol. The van der Waals surface area contributed by atoms with Gasteiger partial charge in [0.2, 0.25) is 5.91 Å². The lowest BCUT2D eigenvalue weighted by molar-refractivity contribution is -0.117. The summed E-state index contributed by atoms with van der Waals surface area (Å²) < 4.78 is 11.7. The Balaban J connectivity index is 1.24. The maximum Gasteiger partial charge on any atom is 0.238 e. The number of ether oxygens (including phenoxy) is 1. The molecule has 2 saturated heterocycles. The summed E-state index contributed by atoms with van der Waals surface area (Å²) >= 11 is 1.69. The Kier molecular flexibility index (Phi) is 6.56. The highest BCUT2D eigenvalue weighted by Gasteiger charge is 2.23. The second-order valence-corrected chi connectivity index (χ2v) is 10.6. The molecule has 0 bridgehead atoms. The summed E-state index contributed by atoms with van der Waals surface area (Å²) in [7, 11) is 0. The van der Waals surface area contributed by atoms with E-state index in [1.807, 2.05) is 18.2 Å². The summed E-state index contributed by atoms with van der Waals surface area (Å²) in [6, 6.07) is 15.4. The van der Waals surface area contributed by atoms with Gasteiger partial charge in [-0.2, -0.15) is 0 Å². The number of morpholine rings is 1. The molecule has 4 heterocycles. The summed E-state index contributed by atoms with van der Waals surface area (Å²) in [6.07, 6.45) is 3.10. The number of anilines is 2. The van der Waals surface area contributed by atoms with Crippen molar-refractivity contribution in [2.24, 2.45) is 0 Å². The highest BCUT2D eigenvalue weighted by molar-refractivity contribution is 7.99. The zero-order valence-electron chi connectivity index (χ0n) is 20.1. The summed E-state index contributed by atoms with van der Waals surface area (Å²) in [5, 5.41) is 3.07. The molecule has 8 heteroatoms. The van der Waals surface area contributed by atoms with Gasteiger partial charge >= 0.3 is 0 Å². The van der Waals surface area contributed by atoms with Crippen LogP contribution in [0.15, 0.2) is 67.5 Å². The van der Waals surface area contributed by atoms with E-state index in [0.29, 0.717) is 44.5 Å². The Morgan fingerprint density at radius 1 is 0.972 bits per heavy atom. The number of hydrogen-bond acceptors (Lipinski definition) is 7. The largest absolute Gasteiger partial charge is 0.440 e. The maximum absolute atomic E-state index is 12.6. The van der Waals surface area contributed by atoms with Crippen molar-refractivity contribution in [1.82, 2.24) is 4.90 Å². The number of hydrogen-bond donors (Lipinski definition) is 1. The lowest BCUT2D eigenvalue weighted by Crippen LogP contribution is -2.36. The molecule has 0 atom stereocenters. The molecule has 6 rings (SSSR count). The monoisotopic (exact) mass is 503 g/mol. The number of carbonyl (C=O) groups is 1. The van der Waals surface area contributed by atoms with Crippen LogP contribution in [0, 0.1) is 0 Å². The molecule has 186 valence electrons. The minimum absolute atomic E-state index is 0.0400. The first-order valence-electron chi connectivity index (χ1n) is 12.6. The molecule has 1 amide bonds. The van der Waals surface area contributed by atoms with Gasteiger partial charge in [0.1, 0.15) is 5.76 Å². The van der Waals surface area contributed by atoms with Crippen LogP contribution in [0.1, 0.15) is 24.0 Å². The second kappa shape index (κ2) is 10.1. The van der Waals surface area contributed by atoms with Crippen LogP contribution in [0.4, 0.5) is 11.6 Å². The van der Waals surface area contributed by atoms with Crippen LogP contribution >= 0.6 is 11.8 Å². The fourth-order valence-electron chi connectivity index (χ4n) is 5.13. The van der Waals surface area contributed by atoms with E-state index in [9.17, 15) is 9.59 Å². The van der Waals surface area contributed by atoms with E-state index in [1.165, 1.54) is 24.0 Å². The third kappa shape index (κ3) is 4.93. The number of likely N-dealkylation sites (tertiary alicyclic amines) is 1. The summed E-state index contributed by atoms with van der Waals surface area (Å²) in [6.45, 7) is 5.12. The molecule has 0 saturated carbocycles. The van der Waals surface area contributed by atoms with E-state index in [4.69, 9.17) is 9.15 Å². The standard InChI is InChI=1S/C28H29N3O4S/c32-22-16-24(35-27(17-22)31-10-12-34-13-11-31)23-5-3-4-19-14-20-15-21(6-7-25(20)36-28(19)23)29-26(33)18-30-8-1-2-9-30/h3-7,15-17H,1-2,8-14,18H2,(H,29,33). The fraction of sp³-hybridized carbons (Fsp3) is 0.357. The van der Waals surface area contributed by atoms with Gasteiger partial charge in [-0.3, -0.25) is 14.5 Å². The quantitative estimate of drug-likeness (QED) is 0.437. The average molecular weight is 504 g/mol. The van der Waals surface area contributed by atoms with Gasteiger partial charge < -0.3 is 19.4 Å². The Morgan fingerprint density at radius 3 is 2.64 bits per heavy atom. The van der Waals surface area contributed by atoms with Crippen LogP contribution in [-0.2, 0) is 16.0 Å². The predicted octanol–water partition coefficient (Wildman–Crippen LogP) is 4.23. The number of nitrogens with zero attached hydrogens (tertiary/aromatic N) is 2. The van der Waals surface area contributed by atoms with Gasteiger partial charge in [0, 0.05) is 46.3 Å². The molecule has 0 aliphatic carbocycles. The first-order valence-corrected chi connectivity index (χ1v) is 13.4. The van der Waals surface area contributed by atoms with Crippen molar-refractivity contribution in [3.05, 3.63) is 69.9 Å². The van der Waals surface area contributed by atoms with Gasteiger partial charge in [-0.05, 0) is 61.7 Å². The normalized spacial score (nSPS) is 17.5.